The summed E-state index contributed by atoms with van der Waals surface area (Å²) in [6.45, 7) is 8.00. The molecule has 0 bridgehead atoms. The number of hydrogen-bond acceptors (Lipinski definition) is 3. The Morgan fingerprint density at radius 1 is 0.600 bits per heavy atom. The summed E-state index contributed by atoms with van der Waals surface area (Å²) in [5.74, 6) is 0. The molecule has 0 fully saturated rings. The van der Waals surface area contributed by atoms with Crippen LogP contribution >= 0.6 is 25.5 Å². The highest BCUT2D eigenvalue weighted by molar-refractivity contribution is 7.43. The Bertz CT molecular complexity index is 87.7. The minimum Gasteiger partial charge on any atom is -0.166 e. The summed E-state index contributed by atoms with van der Waals surface area (Å²) in [6.07, 6.45) is 0. The van der Waals surface area contributed by atoms with E-state index < -0.39 is 0 Å². The van der Waals surface area contributed by atoms with Crippen molar-refractivity contribution in [1.82, 2.24) is 13.5 Å². The molecule has 0 unspecified atom stereocenters. The fourth-order valence-electron chi connectivity index (χ4n) is 0.107. The van der Waals surface area contributed by atoms with Crippen molar-refractivity contribution in [2.75, 3.05) is 0 Å². The molecule has 0 aliphatic heterocycles. The van der Waals surface area contributed by atoms with Crippen molar-refractivity contribution in [2.24, 2.45) is 0 Å². The number of nitrogens with zero attached hydrogens (tertiary/aromatic N) is 3. The number of rotatable bonds is 0. The van der Waals surface area contributed by atoms with Crippen molar-refractivity contribution in [2.45, 2.75) is 27.7 Å². The van der Waals surface area contributed by atoms with Gasteiger partial charge in [0, 0.05) is 0 Å². The van der Waals surface area contributed by atoms with Crippen molar-refractivity contribution in [3.05, 3.63) is 0 Å². The Kier molecular flexibility index (Phi) is 20.9. The highest BCUT2D eigenvalue weighted by atomic mass is 31.1. The predicted octanol–water partition coefficient (Wildman–Crippen LogP) is 3.66. The van der Waals surface area contributed by atoms with Gasteiger partial charge in [-0.25, -0.2) is 0 Å². The van der Waals surface area contributed by atoms with Gasteiger partial charge < -0.3 is 0 Å². The van der Waals surface area contributed by atoms with Gasteiger partial charge in [-0.1, -0.05) is 27.7 Å². The maximum absolute atomic E-state index is 3.78. The van der Waals surface area contributed by atoms with Crippen LogP contribution in [0.1, 0.15) is 27.7 Å². The standard InChI is InChI=1S/2C2H6.N3P3/c2*1-2;1-4-2-6-3-5-1/h2*1-2H3;. The van der Waals surface area contributed by atoms with E-state index in [0.29, 0.717) is 0 Å². The van der Waals surface area contributed by atoms with Crippen molar-refractivity contribution >= 4 is 25.5 Å². The lowest BCUT2D eigenvalue weighted by molar-refractivity contribution is 1.50. The summed E-state index contributed by atoms with van der Waals surface area (Å²) in [4.78, 5) is 0. The minimum absolute atomic E-state index is 0.830. The van der Waals surface area contributed by atoms with Gasteiger partial charge in [-0.05, 0) is 0 Å². The Hall–Kier alpha value is 0.300. The van der Waals surface area contributed by atoms with Gasteiger partial charge in [0.2, 0.25) is 0 Å². The van der Waals surface area contributed by atoms with Crippen LogP contribution in [0.2, 0.25) is 0 Å². The Labute approximate surface area is 67.4 Å². The maximum Gasteiger partial charge on any atom is 0.166 e. The number of hydrogen-bond donors (Lipinski definition) is 0. The van der Waals surface area contributed by atoms with E-state index in [0.717, 1.165) is 25.5 Å². The molecule has 0 spiro atoms. The first-order valence-corrected chi connectivity index (χ1v) is 5.60. The smallest absolute Gasteiger partial charge is 0.166 e. The molecule has 0 aliphatic carbocycles. The third-order valence-corrected chi connectivity index (χ3v) is 2.16. The average molecular weight is 195 g/mol. The summed E-state index contributed by atoms with van der Waals surface area (Å²) in [7, 11) is 2.49. The zero-order valence-electron chi connectivity index (χ0n) is 6.68. The van der Waals surface area contributed by atoms with Crippen LogP contribution in [0.3, 0.4) is 0 Å². The summed E-state index contributed by atoms with van der Waals surface area (Å²) in [6, 6.07) is 0. The van der Waals surface area contributed by atoms with E-state index in [-0.39, 0.29) is 0 Å². The van der Waals surface area contributed by atoms with Crippen LogP contribution in [0.5, 0.6) is 0 Å². The molecule has 6 heteroatoms. The van der Waals surface area contributed by atoms with E-state index in [1.807, 2.05) is 27.7 Å². The molecular formula is C4H12N3P3. The first kappa shape index (κ1) is 12.9. The highest BCUT2D eigenvalue weighted by Crippen LogP contribution is 2.01. The molecule has 0 radical (unpaired) electrons. The monoisotopic (exact) mass is 195 g/mol. The zero-order chi connectivity index (χ0) is 8.24. The summed E-state index contributed by atoms with van der Waals surface area (Å²) < 4.78 is 11.3. The van der Waals surface area contributed by atoms with Crippen molar-refractivity contribution in [3.8, 4) is 0 Å². The molecular weight excluding hydrogens is 183 g/mol. The van der Waals surface area contributed by atoms with Gasteiger partial charge >= 0.3 is 0 Å². The lowest BCUT2D eigenvalue weighted by atomic mass is 11.0. The first-order valence-electron chi connectivity index (χ1n) is 3.20. The van der Waals surface area contributed by atoms with Gasteiger partial charge in [0.1, 0.15) is 0 Å². The summed E-state index contributed by atoms with van der Waals surface area (Å²) in [5.41, 5.74) is 0. The molecule has 1 aromatic heterocycles. The van der Waals surface area contributed by atoms with Crippen LogP contribution < -0.4 is 0 Å². The molecule has 0 amide bonds. The quantitative estimate of drug-likeness (QED) is 0.633. The van der Waals surface area contributed by atoms with Crippen molar-refractivity contribution in [3.63, 3.8) is 0 Å². The topological polar surface area (TPSA) is 38.7 Å². The van der Waals surface area contributed by atoms with Crippen LogP contribution in [0.15, 0.2) is 0 Å². The molecule has 58 valence electrons. The van der Waals surface area contributed by atoms with Crippen LogP contribution in [0, 0.1) is 0 Å². The molecule has 1 heterocycles. The normalized spacial score (nSPS) is 8.40. The first-order chi connectivity index (χ1) is 5.00. The van der Waals surface area contributed by atoms with Crippen molar-refractivity contribution < 1.29 is 0 Å². The molecule has 0 N–H and O–H groups in total. The Balaban J connectivity index is 0. The van der Waals surface area contributed by atoms with Crippen LogP contribution in [-0.4, -0.2) is 13.5 Å². The maximum atomic E-state index is 3.78. The van der Waals surface area contributed by atoms with Gasteiger partial charge in [0.15, 0.2) is 25.5 Å². The largest absolute Gasteiger partial charge is 0.166 e. The molecule has 1 rings (SSSR count). The van der Waals surface area contributed by atoms with E-state index in [9.17, 15) is 0 Å². The molecule has 0 aliphatic rings. The fourth-order valence-corrected chi connectivity index (χ4v) is 1.93. The van der Waals surface area contributed by atoms with Crippen molar-refractivity contribution in [1.29, 1.82) is 0 Å². The molecule has 3 nitrogen and oxygen atoms in total. The lowest BCUT2D eigenvalue weighted by Crippen LogP contribution is -1.47. The highest BCUT2D eigenvalue weighted by Gasteiger charge is 1.64. The molecule has 0 aromatic carbocycles. The van der Waals surface area contributed by atoms with Gasteiger partial charge in [-0.3, -0.25) is 0 Å². The zero-order valence-corrected chi connectivity index (χ0v) is 9.37. The second-order valence-electron chi connectivity index (χ2n) is 0.537. The second kappa shape index (κ2) is 16.1. The summed E-state index contributed by atoms with van der Waals surface area (Å²) >= 11 is 0. The third kappa shape index (κ3) is 11.1. The van der Waals surface area contributed by atoms with Crippen LogP contribution in [0.4, 0.5) is 0 Å². The third-order valence-electron chi connectivity index (χ3n) is 0.240. The predicted molar refractivity (Wildman–Crippen MR) is 50.1 cm³/mol. The van der Waals surface area contributed by atoms with E-state index in [4.69, 9.17) is 0 Å². The van der Waals surface area contributed by atoms with Gasteiger partial charge in [0.05, 0.1) is 0 Å². The van der Waals surface area contributed by atoms with E-state index >= 15 is 0 Å². The lowest BCUT2D eigenvalue weighted by Gasteiger charge is -1.64. The van der Waals surface area contributed by atoms with E-state index in [2.05, 4.69) is 13.5 Å². The summed E-state index contributed by atoms with van der Waals surface area (Å²) in [5, 5.41) is 0. The Morgan fingerprint density at radius 2 is 0.800 bits per heavy atom. The SMILES string of the molecule is CC.CC.n1pnpnp1. The van der Waals surface area contributed by atoms with Crippen LogP contribution in [0.25, 0.3) is 0 Å². The second-order valence-corrected chi connectivity index (χ2v) is 3.22. The molecule has 1 aromatic rings. The number of aromatic nitrogens is 3. The Morgan fingerprint density at radius 3 is 0.900 bits per heavy atom. The molecule has 0 saturated heterocycles. The molecule has 10 heavy (non-hydrogen) atoms. The fraction of sp³-hybridized carbons (Fsp3) is 1.00. The average Bonchev–Trinajstić information content (AvgIpc) is 2.14. The van der Waals surface area contributed by atoms with Gasteiger partial charge in [-0.2, -0.15) is 13.5 Å². The van der Waals surface area contributed by atoms with E-state index in [1.165, 1.54) is 0 Å². The molecule has 0 atom stereocenters. The van der Waals surface area contributed by atoms with Gasteiger partial charge in [0.25, 0.3) is 0 Å². The van der Waals surface area contributed by atoms with Crippen LogP contribution in [-0.2, 0) is 0 Å². The minimum atomic E-state index is 0.830. The van der Waals surface area contributed by atoms with Gasteiger partial charge in [-0.15, -0.1) is 0 Å². The molecule has 0 saturated carbocycles. The van der Waals surface area contributed by atoms with E-state index in [1.54, 1.807) is 0 Å².